The van der Waals surface area contributed by atoms with Gasteiger partial charge in [-0.05, 0) is 26.0 Å². The number of hydrogen-bond donors (Lipinski definition) is 1. The molecule has 0 unspecified atom stereocenters. The summed E-state index contributed by atoms with van der Waals surface area (Å²) in [4.78, 5) is 80.4. The van der Waals surface area contributed by atoms with Crippen LogP contribution in [0.4, 0.5) is 11.4 Å². The number of imide groups is 1. The second-order valence-electron chi connectivity index (χ2n) is 6.81. The molecule has 9 nitrogen and oxygen atoms in total. The van der Waals surface area contributed by atoms with Crippen LogP contribution in [-0.2, 0) is 14.4 Å². The van der Waals surface area contributed by atoms with Gasteiger partial charge in [0, 0.05) is 18.1 Å². The third-order valence-electron chi connectivity index (χ3n) is 4.73. The molecule has 2 heterocycles. The van der Waals surface area contributed by atoms with Crippen LogP contribution in [0.5, 0.6) is 0 Å². The molecule has 9 heteroatoms. The Morgan fingerprint density at radius 1 is 0.742 bits per heavy atom. The third kappa shape index (κ3) is 3.57. The van der Waals surface area contributed by atoms with E-state index in [1.165, 1.54) is 39.0 Å². The van der Waals surface area contributed by atoms with Gasteiger partial charge in [0.1, 0.15) is 0 Å². The molecule has 156 valence electrons. The summed E-state index contributed by atoms with van der Waals surface area (Å²) in [5.74, 6) is -4.08. The van der Waals surface area contributed by atoms with Crippen molar-refractivity contribution in [1.82, 2.24) is 0 Å². The Kier molecular flexibility index (Phi) is 5.44. The van der Waals surface area contributed by atoms with E-state index < -0.39 is 29.3 Å². The highest BCUT2D eigenvalue weighted by Crippen LogP contribution is 2.32. The van der Waals surface area contributed by atoms with E-state index in [2.05, 4.69) is 5.32 Å². The van der Waals surface area contributed by atoms with E-state index in [4.69, 9.17) is 0 Å². The first-order valence-electron chi connectivity index (χ1n) is 9.09. The smallest absolute Gasteiger partial charge is 0.306 e. The Balaban J connectivity index is 0.000000179. The minimum atomic E-state index is -0.902. The lowest BCUT2D eigenvalue weighted by Crippen LogP contribution is -2.33. The van der Waals surface area contributed by atoms with E-state index >= 15 is 0 Å². The molecule has 2 aromatic carbocycles. The van der Waals surface area contributed by atoms with Gasteiger partial charge in [-0.2, -0.15) is 0 Å². The van der Waals surface area contributed by atoms with Crippen LogP contribution in [0.2, 0.25) is 0 Å². The zero-order valence-corrected chi connectivity index (χ0v) is 16.8. The van der Waals surface area contributed by atoms with Crippen molar-refractivity contribution in [2.24, 2.45) is 0 Å². The van der Waals surface area contributed by atoms with Crippen molar-refractivity contribution in [2.45, 2.75) is 20.8 Å². The number of anilines is 2. The number of hydrogen-bond acceptors (Lipinski definition) is 7. The summed E-state index contributed by atoms with van der Waals surface area (Å²) in [5.41, 5.74) is 1.31. The van der Waals surface area contributed by atoms with Crippen LogP contribution >= 0.6 is 0 Å². The first-order chi connectivity index (χ1) is 14.6. The molecule has 3 amide bonds. The molecule has 0 fully saturated rings. The summed E-state index contributed by atoms with van der Waals surface area (Å²) in [6.45, 7) is 3.87. The van der Waals surface area contributed by atoms with Crippen LogP contribution in [0, 0.1) is 0 Å². The number of carbonyl (C=O) groups is 7. The van der Waals surface area contributed by atoms with Gasteiger partial charge < -0.3 is 5.32 Å². The molecule has 0 saturated carbocycles. The van der Waals surface area contributed by atoms with Crippen molar-refractivity contribution < 1.29 is 33.6 Å². The second kappa shape index (κ2) is 7.86. The number of rotatable bonds is 2. The monoisotopic (exact) mass is 420 g/mol. The molecule has 31 heavy (non-hydrogen) atoms. The number of ketones is 4. The summed E-state index contributed by atoms with van der Waals surface area (Å²) in [6, 6.07) is 9.26. The molecule has 2 aliphatic rings. The van der Waals surface area contributed by atoms with Crippen LogP contribution in [0.15, 0.2) is 36.4 Å². The average molecular weight is 420 g/mol. The van der Waals surface area contributed by atoms with Gasteiger partial charge in [-0.3, -0.25) is 33.6 Å². The van der Waals surface area contributed by atoms with Crippen molar-refractivity contribution in [3.63, 3.8) is 0 Å². The maximum Gasteiger partial charge on any atom is 0.306 e. The molecule has 1 N–H and O–H groups in total. The Labute approximate surface area is 176 Å². The second-order valence-corrected chi connectivity index (χ2v) is 6.81. The number of Topliss-reactive ketones (excluding diaryl/α,β-unsaturated/α-hetero) is 4. The van der Waals surface area contributed by atoms with Gasteiger partial charge in [-0.1, -0.05) is 24.3 Å². The van der Waals surface area contributed by atoms with Crippen molar-refractivity contribution >= 4 is 52.2 Å². The lowest BCUT2D eigenvalue weighted by molar-refractivity contribution is -0.123. The van der Waals surface area contributed by atoms with E-state index in [1.54, 1.807) is 18.2 Å². The predicted molar refractivity (Wildman–Crippen MR) is 108 cm³/mol. The number of fused-ring (bicyclic) bond motifs is 2. The van der Waals surface area contributed by atoms with Crippen molar-refractivity contribution in [2.75, 3.05) is 10.2 Å². The normalized spacial score (nSPS) is 13.8. The van der Waals surface area contributed by atoms with Crippen LogP contribution in [-0.4, -0.2) is 40.9 Å². The molecule has 4 rings (SSSR count). The Hall–Kier alpha value is -4.27. The number of benzene rings is 2. The van der Waals surface area contributed by atoms with Gasteiger partial charge in [0.15, 0.2) is 11.6 Å². The topological polar surface area (TPSA) is 135 Å². The quantitative estimate of drug-likeness (QED) is 0.580. The third-order valence-corrected chi connectivity index (χ3v) is 4.73. The molecule has 0 bridgehead atoms. The fourth-order valence-corrected chi connectivity index (χ4v) is 3.38. The van der Waals surface area contributed by atoms with Crippen LogP contribution in [0.25, 0.3) is 0 Å². The molecular weight excluding hydrogens is 404 g/mol. The largest absolute Gasteiger partial charge is 0.318 e. The highest BCUT2D eigenvalue weighted by Gasteiger charge is 2.40. The van der Waals surface area contributed by atoms with Crippen LogP contribution in [0.1, 0.15) is 62.2 Å². The highest BCUT2D eigenvalue weighted by molar-refractivity contribution is 6.57. The predicted octanol–water partition coefficient (Wildman–Crippen LogP) is 1.99. The lowest BCUT2D eigenvalue weighted by Gasteiger charge is -2.11. The molecule has 0 saturated heterocycles. The first-order valence-corrected chi connectivity index (χ1v) is 9.09. The molecule has 2 aromatic rings. The Morgan fingerprint density at radius 2 is 1.29 bits per heavy atom. The van der Waals surface area contributed by atoms with Gasteiger partial charge in [0.25, 0.3) is 17.5 Å². The maximum atomic E-state index is 11.7. The van der Waals surface area contributed by atoms with Crippen LogP contribution in [0.3, 0.4) is 0 Å². The lowest BCUT2D eigenvalue weighted by atomic mass is 10.0. The molecule has 0 atom stereocenters. The number of carbonyl (C=O) groups excluding carboxylic acids is 7. The van der Waals surface area contributed by atoms with Crippen molar-refractivity contribution in [3.8, 4) is 0 Å². The van der Waals surface area contributed by atoms with E-state index in [-0.39, 0.29) is 33.9 Å². The average Bonchev–Trinajstić information content (AvgIpc) is 3.15. The Morgan fingerprint density at radius 3 is 1.84 bits per heavy atom. The van der Waals surface area contributed by atoms with Gasteiger partial charge in [0.05, 0.1) is 22.5 Å². The van der Waals surface area contributed by atoms with Gasteiger partial charge in [0.2, 0.25) is 5.91 Å². The first kappa shape index (κ1) is 21.4. The molecule has 0 aromatic heterocycles. The molecule has 0 aliphatic carbocycles. The minimum Gasteiger partial charge on any atom is -0.318 e. The summed E-state index contributed by atoms with van der Waals surface area (Å²) in [6.07, 6.45) is 0. The Bertz CT molecular complexity index is 1230. The SMILES string of the molecule is CC(=O)c1cccc2c1C(=O)C(=O)N2.CC(=O)c1cccc2c1C(=O)C(=O)N2C(C)=O. The number of nitrogens with one attached hydrogen (secondary N) is 1. The number of nitrogens with zero attached hydrogens (tertiary/aromatic N) is 1. The van der Waals surface area contributed by atoms with Crippen molar-refractivity contribution in [1.29, 1.82) is 0 Å². The molecular formula is C22H16N2O7. The zero-order valence-electron chi connectivity index (χ0n) is 16.8. The summed E-state index contributed by atoms with van der Waals surface area (Å²) >= 11 is 0. The summed E-state index contributed by atoms with van der Waals surface area (Å²) in [7, 11) is 0. The number of amides is 3. The van der Waals surface area contributed by atoms with Crippen molar-refractivity contribution in [3.05, 3.63) is 58.7 Å². The van der Waals surface area contributed by atoms with Crippen LogP contribution < -0.4 is 10.2 Å². The zero-order chi connectivity index (χ0) is 23.0. The summed E-state index contributed by atoms with van der Waals surface area (Å²) in [5, 5.41) is 2.40. The van der Waals surface area contributed by atoms with E-state index in [1.807, 2.05) is 0 Å². The van der Waals surface area contributed by atoms with E-state index in [0.29, 0.717) is 11.3 Å². The fourth-order valence-electron chi connectivity index (χ4n) is 3.38. The molecule has 0 radical (unpaired) electrons. The van der Waals surface area contributed by atoms with Gasteiger partial charge >= 0.3 is 5.91 Å². The highest BCUT2D eigenvalue weighted by atomic mass is 16.2. The standard InChI is InChI=1S/C12H9NO4.C10H7NO3/c1-6(14)8-4-3-5-9-10(8)11(16)12(17)13(9)7(2)15;1-5(12)6-3-2-4-7-8(6)9(13)10(14)11-7/h3-5H,1-2H3;2-4H,1H3,(H,11,13,14). The molecule has 2 aliphatic heterocycles. The van der Waals surface area contributed by atoms with Gasteiger partial charge in [-0.15, -0.1) is 0 Å². The van der Waals surface area contributed by atoms with Gasteiger partial charge in [-0.25, -0.2) is 4.90 Å². The minimum absolute atomic E-state index is 0.0280. The molecule has 0 spiro atoms. The van der Waals surface area contributed by atoms with E-state index in [0.717, 1.165) is 4.90 Å². The summed E-state index contributed by atoms with van der Waals surface area (Å²) < 4.78 is 0. The van der Waals surface area contributed by atoms with E-state index in [9.17, 15) is 33.6 Å². The maximum absolute atomic E-state index is 11.7. The fraction of sp³-hybridized carbons (Fsp3) is 0.136.